The highest BCUT2D eigenvalue weighted by atomic mass is 16.5. The molecular formula is C25H31N7O2. The number of H-pyrrole nitrogens is 1. The molecule has 2 aliphatic rings. The molecule has 4 N–H and O–H groups in total. The Morgan fingerprint density at radius 3 is 2.71 bits per heavy atom. The second-order valence-electron chi connectivity index (χ2n) is 7.74. The van der Waals surface area contributed by atoms with Gasteiger partial charge in [0.25, 0.3) is 0 Å². The highest BCUT2D eigenvalue weighted by Crippen LogP contribution is 2.28. The standard InChI is InChI=1S/C23H25N7O2.C2H6/c1-15-5-2-3-6-16(13-15)24-22-26-19-20(27-22)28-23(25-17-7-4-8-18(31)14-17)29-21(19)30-9-11-32-12-10-30;1-2/h2,4-8,13-14,31H,3,9-12H2,1H3,(H3,24,25,26,27,28,29);1-2H3. The van der Waals surface area contributed by atoms with E-state index in [1.807, 2.05) is 19.9 Å². The lowest BCUT2D eigenvalue weighted by Crippen LogP contribution is -2.37. The highest BCUT2D eigenvalue weighted by molar-refractivity contribution is 5.87. The third kappa shape index (κ3) is 5.55. The van der Waals surface area contributed by atoms with E-state index in [9.17, 15) is 5.11 Å². The number of phenolic OH excluding ortho intramolecular Hbond substituents is 1. The Bertz CT molecular complexity index is 1220. The fraction of sp³-hybridized carbons (Fsp3) is 0.320. The quantitative estimate of drug-likeness (QED) is 0.426. The van der Waals surface area contributed by atoms with Gasteiger partial charge < -0.3 is 30.4 Å². The van der Waals surface area contributed by atoms with Crippen LogP contribution in [0.15, 0.2) is 59.8 Å². The van der Waals surface area contributed by atoms with Gasteiger partial charge in [-0.3, -0.25) is 0 Å². The van der Waals surface area contributed by atoms with Gasteiger partial charge in [0.05, 0.1) is 13.2 Å². The van der Waals surface area contributed by atoms with Crippen LogP contribution in [0.5, 0.6) is 5.75 Å². The molecule has 2 aromatic heterocycles. The summed E-state index contributed by atoms with van der Waals surface area (Å²) in [5, 5.41) is 16.3. The van der Waals surface area contributed by atoms with Crippen LogP contribution in [0.4, 0.5) is 23.4 Å². The summed E-state index contributed by atoms with van der Waals surface area (Å²) in [6, 6.07) is 6.86. The maximum absolute atomic E-state index is 9.78. The monoisotopic (exact) mass is 461 g/mol. The molecule has 1 fully saturated rings. The number of aromatic nitrogens is 4. The molecule has 3 aromatic rings. The molecule has 1 aromatic carbocycles. The van der Waals surface area contributed by atoms with E-state index in [1.54, 1.807) is 18.2 Å². The zero-order valence-electron chi connectivity index (χ0n) is 19.8. The summed E-state index contributed by atoms with van der Waals surface area (Å²) >= 11 is 0. The summed E-state index contributed by atoms with van der Waals surface area (Å²) in [6.07, 6.45) is 9.28. The average molecular weight is 462 g/mol. The molecule has 9 nitrogen and oxygen atoms in total. The minimum atomic E-state index is 0.172. The van der Waals surface area contributed by atoms with E-state index < -0.39 is 0 Å². The van der Waals surface area contributed by atoms with Crippen molar-refractivity contribution in [2.45, 2.75) is 27.2 Å². The number of benzene rings is 1. The van der Waals surface area contributed by atoms with Crippen LogP contribution in [0.3, 0.4) is 0 Å². The van der Waals surface area contributed by atoms with Crippen molar-refractivity contribution in [2.75, 3.05) is 41.8 Å². The summed E-state index contributed by atoms with van der Waals surface area (Å²) < 4.78 is 5.51. The van der Waals surface area contributed by atoms with E-state index >= 15 is 0 Å². The van der Waals surface area contributed by atoms with Crippen LogP contribution in [0.1, 0.15) is 27.2 Å². The van der Waals surface area contributed by atoms with Crippen LogP contribution in [0, 0.1) is 0 Å². The van der Waals surface area contributed by atoms with Crippen molar-refractivity contribution in [3.05, 3.63) is 59.8 Å². The van der Waals surface area contributed by atoms with Crippen molar-refractivity contribution in [1.82, 2.24) is 19.9 Å². The third-order valence-corrected chi connectivity index (χ3v) is 5.25. The van der Waals surface area contributed by atoms with Gasteiger partial charge in [-0.15, -0.1) is 0 Å². The lowest BCUT2D eigenvalue weighted by molar-refractivity contribution is 0.122. The number of hydrogen-bond acceptors (Lipinski definition) is 8. The van der Waals surface area contributed by atoms with Gasteiger partial charge in [0.15, 0.2) is 11.5 Å². The van der Waals surface area contributed by atoms with Crippen LogP contribution in [0.2, 0.25) is 0 Å². The van der Waals surface area contributed by atoms with Gasteiger partial charge in [-0.1, -0.05) is 38.1 Å². The minimum Gasteiger partial charge on any atom is -0.508 e. The van der Waals surface area contributed by atoms with Gasteiger partial charge in [-0.2, -0.15) is 15.0 Å². The first-order valence-electron chi connectivity index (χ1n) is 11.6. The molecular weight excluding hydrogens is 430 g/mol. The van der Waals surface area contributed by atoms with Crippen molar-refractivity contribution >= 4 is 34.6 Å². The number of fused-ring (bicyclic) bond motifs is 1. The molecule has 0 saturated carbocycles. The lowest BCUT2D eigenvalue weighted by Gasteiger charge is -2.28. The summed E-state index contributed by atoms with van der Waals surface area (Å²) in [6.45, 7) is 8.82. The number of phenols is 1. The van der Waals surface area contributed by atoms with Crippen molar-refractivity contribution in [2.24, 2.45) is 0 Å². The van der Waals surface area contributed by atoms with E-state index in [0.29, 0.717) is 36.4 Å². The van der Waals surface area contributed by atoms with E-state index in [1.165, 1.54) is 5.57 Å². The van der Waals surface area contributed by atoms with Crippen molar-refractivity contribution < 1.29 is 9.84 Å². The fourth-order valence-electron chi connectivity index (χ4n) is 3.74. The molecule has 0 bridgehead atoms. The number of rotatable bonds is 5. The molecule has 178 valence electrons. The number of anilines is 4. The minimum absolute atomic E-state index is 0.172. The van der Waals surface area contributed by atoms with Gasteiger partial charge in [0.1, 0.15) is 11.3 Å². The maximum Gasteiger partial charge on any atom is 0.231 e. The van der Waals surface area contributed by atoms with Gasteiger partial charge in [0.2, 0.25) is 11.9 Å². The molecule has 5 rings (SSSR count). The normalized spacial score (nSPS) is 15.7. The third-order valence-electron chi connectivity index (χ3n) is 5.25. The molecule has 1 aliphatic heterocycles. The number of aromatic amines is 1. The number of nitrogens with zero attached hydrogens (tertiary/aromatic N) is 4. The molecule has 0 amide bonds. The Kier molecular flexibility index (Phi) is 7.44. The Morgan fingerprint density at radius 1 is 1.09 bits per heavy atom. The molecule has 3 heterocycles. The average Bonchev–Trinajstić information content (AvgIpc) is 3.13. The van der Waals surface area contributed by atoms with Crippen LogP contribution >= 0.6 is 0 Å². The molecule has 1 saturated heterocycles. The zero-order valence-corrected chi connectivity index (χ0v) is 19.8. The molecule has 0 spiro atoms. The fourth-order valence-corrected chi connectivity index (χ4v) is 3.74. The maximum atomic E-state index is 9.78. The zero-order chi connectivity index (χ0) is 23.9. The largest absolute Gasteiger partial charge is 0.508 e. The Morgan fingerprint density at radius 2 is 1.91 bits per heavy atom. The summed E-state index contributed by atoms with van der Waals surface area (Å²) in [5.41, 5.74) is 4.17. The van der Waals surface area contributed by atoms with Gasteiger partial charge in [-0.25, -0.2) is 0 Å². The van der Waals surface area contributed by atoms with Crippen LogP contribution in [-0.4, -0.2) is 51.3 Å². The first kappa shape index (κ1) is 23.3. The Labute approximate surface area is 199 Å². The SMILES string of the molecule is CC.CC1=CC(Nc2nc3nc(Nc4cccc(O)c4)nc(N4CCOCC4)c3[nH]2)=CCC=C1. The number of nitrogens with one attached hydrogen (secondary N) is 3. The topological polar surface area (TPSA) is 111 Å². The summed E-state index contributed by atoms with van der Waals surface area (Å²) in [7, 11) is 0. The van der Waals surface area contributed by atoms with Crippen molar-refractivity contribution in [3.63, 3.8) is 0 Å². The number of morpholine rings is 1. The first-order chi connectivity index (χ1) is 16.6. The van der Waals surface area contributed by atoms with Gasteiger partial charge >= 0.3 is 0 Å². The predicted octanol–water partition coefficient (Wildman–Crippen LogP) is 4.87. The van der Waals surface area contributed by atoms with Gasteiger partial charge in [0, 0.05) is 30.5 Å². The smallest absolute Gasteiger partial charge is 0.231 e. The number of ether oxygens (including phenoxy) is 1. The summed E-state index contributed by atoms with van der Waals surface area (Å²) in [5.74, 6) is 1.96. The van der Waals surface area contributed by atoms with Crippen molar-refractivity contribution in [3.8, 4) is 5.75 Å². The highest BCUT2D eigenvalue weighted by Gasteiger charge is 2.20. The second-order valence-corrected chi connectivity index (χ2v) is 7.74. The lowest BCUT2D eigenvalue weighted by atomic mass is 10.2. The van der Waals surface area contributed by atoms with Crippen LogP contribution in [-0.2, 0) is 4.74 Å². The van der Waals surface area contributed by atoms with Crippen LogP contribution < -0.4 is 15.5 Å². The van der Waals surface area contributed by atoms with E-state index in [0.717, 1.165) is 36.5 Å². The van der Waals surface area contributed by atoms with Crippen LogP contribution in [0.25, 0.3) is 11.2 Å². The second kappa shape index (κ2) is 10.8. The number of aromatic hydroxyl groups is 1. The first-order valence-corrected chi connectivity index (χ1v) is 11.6. The van der Waals surface area contributed by atoms with Crippen molar-refractivity contribution in [1.29, 1.82) is 0 Å². The molecule has 34 heavy (non-hydrogen) atoms. The summed E-state index contributed by atoms with van der Waals surface area (Å²) in [4.78, 5) is 19.6. The van der Waals surface area contributed by atoms with Gasteiger partial charge in [-0.05, 0) is 37.1 Å². The Balaban J connectivity index is 0.00000133. The molecule has 9 heteroatoms. The molecule has 1 aliphatic carbocycles. The number of hydrogen-bond donors (Lipinski definition) is 4. The molecule has 0 unspecified atom stereocenters. The van der Waals surface area contributed by atoms with E-state index in [-0.39, 0.29) is 5.75 Å². The number of allylic oxidation sites excluding steroid dienone is 5. The predicted molar refractivity (Wildman–Crippen MR) is 137 cm³/mol. The van der Waals surface area contributed by atoms with E-state index in [4.69, 9.17) is 9.72 Å². The molecule has 0 atom stereocenters. The Hall–Kier alpha value is -3.85. The van der Waals surface area contributed by atoms with E-state index in [2.05, 4.69) is 61.7 Å². The number of imidazole rings is 1. The molecule has 0 radical (unpaired) electrons.